The number of hydrogen-bond acceptors (Lipinski definition) is 2. The van der Waals surface area contributed by atoms with Crippen LogP contribution < -0.4 is 5.32 Å². The fourth-order valence-electron chi connectivity index (χ4n) is 2.25. The Labute approximate surface area is 129 Å². The molecule has 1 aromatic carbocycles. The number of alkyl halides is 3. The highest BCUT2D eigenvalue weighted by molar-refractivity contribution is 9.10. The number of nitrogens with one attached hydrogen (secondary N) is 1. The van der Waals surface area contributed by atoms with Gasteiger partial charge in [-0.3, -0.25) is 4.90 Å². The summed E-state index contributed by atoms with van der Waals surface area (Å²) in [6.45, 7) is 1.44. The predicted octanol–water partition coefficient (Wildman–Crippen LogP) is 3.52. The zero-order valence-corrected chi connectivity index (χ0v) is 12.8. The molecule has 0 radical (unpaired) electrons. The number of rotatable bonds is 2. The molecule has 1 aliphatic rings. The van der Waals surface area contributed by atoms with Gasteiger partial charge in [0.2, 0.25) is 0 Å². The first kappa shape index (κ1) is 17.7. The van der Waals surface area contributed by atoms with Gasteiger partial charge in [-0.15, -0.1) is 12.4 Å². The van der Waals surface area contributed by atoms with Crippen LogP contribution in [0.2, 0.25) is 0 Å². The van der Waals surface area contributed by atoms with Gasteiger partial charge in [-0.25, -0.2) is 4.39 Å². The summed E-state index contributed by atoms with van der Waals surface area (Å²) in [6.07, 6.45) is -4.50. The van der Waals surface area contributed by atoms with Crippen LogP contribution in [0, 0.1) is 5.82 Å². The summed E-state index contributed by atoms with van der Waals surface area (Å²) in [4.78, 5) is 1.27. The van der Waals surface area contributed by atoms with Gasteiger partial charge in [0.1, 0.15) is 11.9 Å². The molecule has 114 valence electrons. The van der Waals surface area contributed by atoms with E-state index in [4.69, 9.17) is 0 Å². The maximum atomic E-state index is 13.9. The molecule has 8 heteroatoms. The first-order chi connectivity index (χ1) is 8.91. The number of nitrogens with zero attached hydrogens (tertiary/aromatic N) is 1. The lowest BCUT2D eigenvalue weighted by atomic mass is 10.0. The zero-order valence-electron chi connectivity index (χ0n) is 10.4. The maximum Gasteiger partial charge on any atom is 0.408 e. The fourth-order valence-corrected chi connectivity index (χ4v) is 2.63. The van der Waals surface area contributed by atoms with Crippen LogP contribution in [0.4, 0.5) is 17.6 Å². The molecule has 1 saturated heterocycles. The van der Waals surface area contributed by atoms with Gasteiger partial charge in [-0.1, -0.05) is 12.1 Å². The van der Waals surface area contributed by atoms with Crippen molar-refractivity contribution in [3.05, 3.63) is 34.1 Å². The summed E-state index contributed by atoms with van der Waals surface area (Å²) >= 11 is 2.93. The van der Waals surface area contributed by atoms with E-state index in [2.05, 4.69) is 21.2 Å². The monoisotopic (exact) mass is 376 g/mol. The Morgan fingerprint density at radius 3 is 2.35 bits per heavy atom. The molecule has 2 nitrogen and oxygen atoms in total. The largest absolute Gasteiger partial charge is 0.408 e. The topological polar surface area (TPSA) is 15.3 Å². The van der Waals surface area contributed by atoms with Crippen LogP contribution in [0.3, 0.4) is 0 Å². The second-order valence-corrected chi connectivity index (χ2v) is 5.23. The third-order valence-electron chi connectivity index (χ3n) is 3.10. The molecule has 1 heterocycles. The summed E-state index contributed by atoms with van der Waals surface area (Å²) < 4.78 is 53.8. The second kappa shape index (κ2) is 7.06. The van der Waals surface area contributed by atoms with Crippen LogP contribution in [0.5, 0.6) is 0 Å². The maximum absolute atomic E-state index is 13.9. The van der Waals surface area contributed by atoms with Crippen LogP contribution in [0.1, 0.15) is 11.6 Å². The summed E-state index contributed by atoms with van der Waals surface area (Å²) in [7, 11) is 0. The average Bonchev–Trinajstić information content (AvgIpc) is 2.35. The molecule has 0 unspecified atom stereocenters. The first-order valence-corrected chi connectivity index (χ1v) is 6.66. The lowest BCUT2D eigenvalue weighted by Gasteiger charge is -2.36. The Morgan fingerprint density at radius 2 is 1.80 bits per heavy atom. The number of benzene rings is 1. The number of halogens is 6. The molecule has 1 atom stereocenters. The molecule has 2 rings (SSSR count). The van der Waals surface area contributed by atoms with Crippen molar-refractivity contribution in [2.75, 3.05) is 26.2 Å². The molecule has 1 aliphatic heterocycles. The van der Waals surface area contributed by atoms with Crippen molar-refractivity contribution >= 4 is 28.3 Å². The molecular formula is C12H14BrClF4N2. The van der Waals surface area contributed by atoms with E-state index in [1.54, 1.807) is 0 Å². The van der Waals surface area contributed by atoms with Gasteiger partial charge in [-0.05, 0) is 22.0 Å². The predicted molar refractivity (Wildman–Crippen MR) is 74.6 cm³/mol. The van der Waals surface area contributed by atoms with Crippen molar-refractivity contribution < 1.29 is 17.6 Å². The zero-order chi connectivity index (χ0) is 14.0. The van der Waals surface area contributed by atoms with Gasteiger partial charge in [0.15, 0.2) is 0 Å². The Balaban J connectivity index is 0.00000200. The summed E-state index contributed by atoms with van der Waals surface area (Å²) in [5.74, 6) is -0.844. The lowest BCUT2D eigenvalue weighted by Crippen LogP contribution is -2.49. The highest BCUT2D eigenvalue weighted by Crippen LogP contribution is 2.40. The van der Waals surface area contributed by atoms with Crippen molar-refractivity contribution in [2.45, 2.75) is 12.2 Å². The fraction of sp³-hybridized carbons (Fsp3) is 0.500. The second-order valence-electron chi connectivity index (χ2n) is 4.37. The van der Waals surface area contributed by atoms with Gasteiger partial charge in [0, 0.05) is 31.7 Å². The van der Waals surface area contributed by atoms with Crippen molar-refractivity contribution in [2.24, 2.45) is 0 Å². The molecule has 0 spiro atoms. The van der Waals surface area contributed by atoms with E-state index in [9.17, 15) is 17.6 Å². The first-order valence-electron chi connectivity index (χ1n) is 5.86. The molecule has 1 N–H and O–H groups in total. The highest BCUT2D eigenvalue weighted by atomic mass is 79.9. The average molecular weight is 378 g/mol. The number of piperazine rings is 1. The van der Waals surface area contributed by atoms with Crippen LogP contribution in [-0.2, 0) is 0 Å². The van der Waals surface area contributed by atoms with Crippen molar-refractivity contribution in [1.82, 2.24) is 10.2 Å². The van der Waals surface area contributed by atoms with Crippen molar-refractivity contribution in [1.29, 1.82) is 0 Å². The molecule has 20 heavy (non-hydrogen) atoms. The molecule has 0 amide bonds. The van der Waals surface area contributed by atoms with E-state index in [0.717, 1.165) is 0 Å². The van der Waals surface area contributed by atoms with E-state index in [0.29, 0.717) is 13.1 Å². The Bertz CT molecular complexity index is 450. The van der Waals surface area contributed by atoms with Crippen molar-refractivity contribution in [3.63, 3.8) is 0 Å². The standard InChI is InChI=1S/C12H13BrF4N2.ClH/c13-9-3-1-2-8(10(9)14)11(12(15,16)17)19-6-4-18-5-7-19;/h1-3,11,18H,4-7H2;1H/t11-;/m0./s1. The minimum Gasteiger partial charge on any atom is -0.314 e. The van der Waals surface area contributed by atoms with Gasteiger partial charge >= 0.3 is 6.18 Å². The van der Waals surface area contributed by atoms with Gasteiger partial charge < -0.3 is 5.32 Å². The normalized spacial score (nSPS) is 18.4. The third-order valence-corrected chi connectivity index (χ3v) is 3.72. The quantitative estimate of drug-likeness (QED) is 0.794. The number of hydrogen-bond donors (Lipinski definition) is 1. The molecule has 1 aromatic rings. The van der Waals surface area contributed by atoms with Crippen molar-refractivity contribution in [3.8, 4) is 0 Å². The van der Waals surface area contributed by atoms with Crippen LogP contribution in [0.25, 0.3) is 0 Å². The van der Waals surface area contributed by atoms with E-state index < -0.39 is 18.0 Å². The smallest absolute Gasteiger partial charge is 0.314 e. The molecule has 1 fully saturated rings. The van der Waals surface area contributed by atoms with Gasteiger partial charge in [0.05, 0.1) is 4.47 Å². The molecular weight excluding hydrogens is 363 g/mol. The van der Waals surface area contributed by atoms with Crippen LogP contribution >= 0.6 is 28.3 Å². The van der Waals surface area contributed by atoms with Gasteiger partial charge in [-0.2, -0.15) is 13.2 Å². The third kappa shape index (κ3) is 3.84. The molecule has 0 aromatic heterocycles. The van der Waals surface area contributed by atoms with Gasteiger partial charge in [0.25, 0.3) is 0 Å². The van der Waals surface area contributed by atoms with E-state index >= 15 is 0 Å². The van der Waals surface area contributed by atoms with Crippen LogP contribution in [-0.4, -0.2) is 37.3 Å². The SMILES string of the molecule is Cl.Fc1c(Br)cccc1[C@H](N1CCNCC1)C(F)(F)F. The molecule has 0 bridgehead atoms. The lowest BCUT2D eigenvalue weighted by molar-refractivity contribution is -0.188. The summed E-state index contributed by atoms with van der Waals surface area (Å²) in [5.41, 5.74) is -0.330. The van der Waals surface area contributed by atoms with E-state index in [-0.39, 0.29) is 35.5 Å². The summed E-state index contributed by atoms with van der Waals surface area (Å²) in [5, 5.41) is 2.99. The minimum absolute atomic E-state index is 0. The Hall–Kier alpha value is -0.370. The van der Waals surface area contributed by atoms with E-state index in [1.807, 2.05) is 0 Å². The van der Waals surface area contributed by atoms with Crippen LogP contribution in [0.15, 0.2) is 22.7 Å². The summed E-state index contributed by atoms with van der Waals surface area (Å²) in [6, 6.07) is 2.11. The molecule has 0 saturated carbocycles. The Morgan fingerprint density at radius 1 is 1.20 bits per heavy atom. The Kier molecular flexibility index (Phi) is 6.25. The minimum atomic E-state index is -4.50. The van der Waals surface area contributed by atoms with E-state index in [1.165, 1.54) is 23.1 Å². The molecule has 0 aliphatic carbocycles. The highest BCUT2D eigenvalue weighted by Gasteiger charge is 2.46.